The van der Waals surface area contributed by atoms with E-state index in [1.54, 1.807) is 25.3 Å². The molecule has 0 spiro atoms. The molecule has 0 aliphatic carbocycles. The van der Waals surface area contributed by atoms with Gasteiger partial charge < -0.3 is 10.6 Å². The molecule has 0 aliphatic rings. The summed E-state index contributed by atoms with van der Waals surface area (Å²) in [5.41, 5.74) is 0. The van der Waals surface area contributed by atoms with E-state index in [-0.39, 0.29) is 5.75 Å². The fourth-order valence-corrected chi connectivity index (χ4v) is 4.01. The van der Waals surface area contributed by atoms with Crippen molar-refractivity contribution in [1.82, 2.24) is 14.9 Å². The van der Waals surface area contributed by atoms with E-state index in [0.717, 1.165) is 31.9 Å². The second kappa shape index (κ2) is 11.5. The van der Waals surface area contributed by atoms with Gasteiger partial charge in [0.15, 0.2) is 5.96 Å². The van der Waals surface area contributed by atoms with Crippen LogP contribution in [0.4, 0.5) is 0 Å². The molecule has 144 valence electrons. The van der Waals surface area contributed by atoms with Gasteiger partial charge in [-0.05, 0) is 44.1 Å². The summed E-state index contributed by atoms with van der Waals surface area (Å²) in [7, 11) is -1.47. The minimum Gasteiger partial charge on any atom is -0.357 e. The van der Waals surface area contributed by atoms with Crippen LogP contribution in [0.3, 0.4) is 0 Å². The zero-order valence-electron chi connectivity index (χ0n) is 15.8. The molecule has 0 aromatic carbocycles. The van der Waals surface area contributed by atoms with E-state index in [1.165, 1.54) is 9.18 Å². The number of nitrogens with one attached hydrogen (secondary N) is 2. The van der Waals surface area contributed by atoms with Crippen LogP contribution in [-0.2, 0) is 16.4 Å². The normalized spacial score (nSPS) is 13.9. The van der Waals surface area contributed by atoms with Gasteiger partial charge in [0.25, 0.3) is 0 Å². The van der Waals surface area contributed by atoms with Crippen molar-refractivity contribution < 1.29 is 8.42 Å². The molecule has 1 aromatic heterocycles. The van der Waals surface area contributed by atoms with Crippen LogP contribution in [0.15, 0.2) is 22.5 Å². The number of thiophene rings is 1. The molecule has 0 fully saturated rings. The molecular formula is C17H32N4O2S2. The lowest BCUT2D eigenvalue weighted by molar-refractivity contribution is 0.461. The third kappa shape index (κ3) is 8.69. The molecule has 0 bridgehead atoms. The molecule has 0 aliphatic heterocycles. The molecule has 1 heterocycles. The molecule has 0 amide bonds. The van der Waals surface area contributed by atoms with Gasteiger partial charge in [0.1, 0.15) is 0 Å². The van der Waals surface area contributed by atoms with Crippen LogP contribution in [-0.4, -0.2) is 57.7 Å². The topological polar surface area (TPSA) is 73.8 Å². The third-order valence-corrected chi connectivity index (χ3v) is 6.58. The molecule has 1 aromatic rings. The lowest BCUT2D eigenvalue weighted by Gasteiger charge is -2.17. The molecule has 6 nitrogen and oxygen atoms in total. The van der Waals surface area contributed by atoms with E-state index >= 15 is 0 Å². The maximum atomic E-state index is 11.7. The Morgan fingerprint density at radius 1 is 1.36 bits per heavy atom. The summed E-state index contributed by atoms with van der Waals surface area (Å²) in [4.78, 5) is 6.03. The van der Waals surface area contributed by atoms with E-state index in [4.69, 9.17) is 0 Å². The van der Waals surface area contributed by atoms with Crippen LogP contribution in [0.1, 0.15) is 32.1 Å². The Balaban J connectivity index is 2.37. The largest absolute Gasteiger partial charge is 0.357 e. The number of guanidine groups is 1. The molecule has 8 heteroatoms. The van der Waals surface area contributed by atoms with Crippen LogP contribution >= 0.6 is 11.3 Å². The van der Waals surface area contributed by atoms with Gasteiger partial charge in [-0.3, -0.25) is 4.99 Å². The van der Waals surface area contributed by atoms with Gasteiger partial charge in [-0.1, -0.05) is 13.0 Å². The van der Waals surface area contributed by atoms with Gasteiger partial charge in [0.05, 0.1) is 5.75 Å². The van der Waals surface area contributed by atoms with Crippen LogP contribution in [0.2, 0.25) is 0 Å². The van der Waals surface area contributed by atoms with Crippen LogP contribution in [0.5, 0.6) is 0 Å². The highest BCUT2D eigenvalue weighted by Gasteiger charge is 2.14. The number of hydrogen-bond donors (Lipinski definition) is 2. The standard InChI is InChI=1S/C17H32N4O2S2/c1-5-18-17(19-10-8-11-21(4)25(22,23)6-2)20-14-15(3)13-16-9-7-12-24-16/h7,9,12,15H,5-6,8,10-11,13-14H2,1-4H3,(H2,18,19,20). The average molecular weight is 389 g/mol. The van der Waals surface area contributed by atoms with Crippen molar-refractivity contribution in [2.24, 2.45) is 10.9 Å². The van der Waals surface area contributed by atoms with Crippen molar-refractivity contribution in [3.63, 3.8) is 0 Å². The summed E-state index contributed by atoms with van der Waals surface area (Å²) in [6, 6.07) is 4.24. The highest BCUT2D eigenvalue weighted by atomic mass is 32.2. The maximum absolute atomic E-state index is 11.7. The smallest absolute Gasteiger partial charge is 0.213 e. The third-order valence-electron chi connectivity index (χ3n) is 3.82. The van der Waals surface area contributed by atoms with Crippen LogP contribution in [0, 0.1) is 5.92 Å². The zero-order valence-corrected chi connectivity index (χ0v) is 17.4. The molecule has 0 saturated heterocycles. The first-order chi connectivity index (χ1) is 11.9. The Morgan fingerprint density at radius 3 is 2.72 bits per heavy atom. The highest BCUT2D eigenvalue weighted by molar-refractivity contribution is 7.89. The van der Waals surface area contributed by atoms with Crippen molar-refractivity contribution in [2.75, 3.05) is 39.0 Å². The van der Waals surface area contributed by atoms with E-state index in [9.17, 15) is 8.42 Å². The monoisotopic (exact) mass is 388 g/mol. The number of sulfonamides is 1. The summed E-state index contributed by atoms with van der Waals surface area (Å²) in [5.74, 6) is 1.42. The van der Waals surface area contributed by atoms with E-state index in [0.29, 0.717) is 19.0 Å². The lowest BCUT2D eigenvalue weighted by atomic mass is 10.1. The number of hydrogen-bond acceptors (Lipinski definition) is 4. The molecular weight excluding hydrogens is 356 g/mol. The summed E-state index contributed by atoms with van der Waals surface area (Å²) in [5, 5.41) is 8.62. The summed E-state index contributed by atoms with van der Waals surface area (Å²) < 4.78 is 24.8. The minimum atomic E-state index is -3.09. The molecule has 2 N–H and O–H groups in total. The van der Waals surface area contributed by atoms with E-state index < -0.39 is 10.0 Å². The predicted octanol–water partition coefficient (Wildman–Crippen LogP) is 2.15. The summed E-state index contributed by atoms with van der Waals surface area (Å²) >= 11 is 1.79. The Bertz CT molecular complexity index is 600. The number of nitrogens with zero attached hydrogens (tertiary/aromatic N) is 2. The second-order valence-corrected chi connectivity index (χ2v) is 9.51. The van der Waals surface area contributed by atoms with Gasteiger partial charge in [0.2, 0.25) is 10.0 Å². The molecule has 1 atom stereocenters. The maximum Gasteiger partial charge on any atom is 0.213 e. The first-order valence-corrected chi connectivity index (χ1v) is 11.4. The Morgan fingerprint density at radius 2 is 2.12 bits per heavy atom. The first kappa shape index (κ1) is 21.9. The van der Waals surface area contributed by atoms with Gasteiger partial charge in [-0.15, -0.1) is 11.3 Å². The molecule has 1 unspecified atom stereocenters. The van der Waals surface area contributed by atoms with Gasteiger partial charge in [-0.2, -0.15) is 0 Å². The lowest BCUT2D eigenvalue weighted by Crippen LogP contribution is -2.39. The Kier molecular flexibility index (Phi) is 10.1. The molecule has 0 saturated carbocycles. The number of rotatable bonds is 11. The van der Waals surface area contributed by atoms with Crippen molar-refractivity contribution in [1.29, 1.82) is 0 Å². The van der Waals surface area contributed by atoms with E-state index in [1.807, 2.05) is 6.92 Å². The highest BCUT2D eigenvalue weighted by Crippen LogP contribution is 2.14. The van der Waals surface area contributed by atoms with E-state index in [2.05, 4.69) is 40.1 Å². The Hall–Kier alpha value is -1.12. The van der Waals surface area contributed by atoms with Gasteiger partial charge in [-0.25, -0.2) is 12.7 Å². The molecule has 0 radical (unpaired) electrons. The number of aliphatic imine (C=N–C) groups is 1. The summed E-state index contributed by atoms with van der Waals surface area (Å²) in [6.45, 7) is 8.67. The quantitative estimate of drug-likeness (QED) is 0.346. The molecule has 1 rings (SSSR count). The predicted molar refractivity (Wildman–Crippen MR) is 108 cm³/mol. The fourth-order valence-electron chi connectivity index (χ4n) is 2.29. The van der Waals surface area contributed by atoms with Crippen molar-refractivity contribution in [3.8, 4) is 0 Å². The first-order valence-electron chi connectivity index (χ1n) is 8.87. The van der Waals surface area contributed by atoms with Crippen molar-refractivity contribution in [2.45, 2.75) is 33.6 Å². The Labute approximate surface area is 156 Å². The van der Waals surface area contributed by atoms with Crippen molar-refractivity contribution in [3.05, 3.63) is 22.4 Å². The summed E-state index contributed by atoms with van der Waals surface area (Å²) in [6.07, 6.45) is 1.78. The van der Waals surface area contributed by atoms with Gasteiger partial charge >= 0.3 is 0 Å². The SMILES string of the molecule is CCNC(=NCC(C)Cc1cccs1)NCCCN(C)S(=O)(=O)CC. The van der Waals surface area contributed by atoms with Crippen LogP contribution in [0.25, 0.3) is 0 Å². The second-order valence-electron chi connectivity index (χ2n) is 6.11. The zero-order chi connectivity index (χ0) is 18.7. The fraction of sp³-hybridized carbons (Fsp3) is 0.706. The van der Waals surface area contributed by atoms with Gasteiger partial charge in [0, 0.05) is 38.1 Å². The van der Waals surface area contributed by atoms with Crippen molar-refractivity contribution >= 4 is 27.3 Å². The van der Waals surface area contributed by atoms with Crippen LogP contribution < -0.4 is 10.6 Å². The molecule has 25 heavy (non-hydrogen) atoms. The minimum absolute atomic E-state index is 0.142. The average Bonchev–Trinajstić information content (AvgIpc) is 3.08.